The molecule has 0 atom stereocenters. The van der Waals surface area contributed by atoms with Crippen LogP contribution in [0.1, 0.15) is 29.1 Å². The van der Waals surface area contributed by atoms with Crippen LogP contribution in [0.2, 0.25) is 0 Å². The number of H-pyrrole nitrogens is 1. The van der Waals surface area contributed by atoms with Crippen LogP contribution in [0, 0.1) is 6.92 Å². The number of aryl methyl sites for hydroxylation is 2. The van der Waals surface area contributed by atoms with E-state index in [0.717, 1.165) is 30.7 Å². The first-order valence-electron chi connectivity index (χ1n) is 7.13. The molecule has 3 rings (SSSR count). The molecule has 0 spiro atoms. The fourth-order valence-corrected chi connectivity index (χ4v) is 2.77. The van der Waals surface area contributed by atoms with Gasteiger partial charge in [0.05, 0.1) is 17.9 Å². The van der Waals surface area contributed by atoms with E-state index in [2.05, 4.69) is 15.3 Å². The van der Waals surface area contributed by atoms with E-state index in [1.807, 2.05) is 6.92 Å². The first kappa shape index (κ1) is 13.7. The Morgan fingerprint density at radius 2 is 2.33 bits per heavy atom. The lowest BCUT2D eigenvalue weighted by Crippen LogP contribution is -2.31. The third-order valence-electron chi connectivity index (χ3n) is 3.92. The molecule has 0 saturated carbocycles. The number of nitrogens with zero attached hydrogens (tertiary/aromatic N) is 4. The quantitative estimate of drug-likeness (QED) is 0.863. The van der Waals surface area contributed by atoms with E-state index in [1.54, 1.807) is 18.0 Å². The van der Waals surface area contributed by atoms with Crippen molar-refractivity contribution in [2.24, 2.45) is 0 Å². The predicted molar refractivity (Wildman–Crippen MR) is 78.5 cm³/mol. The number of likely N-dealkylation sites (N-methyl/N-ethyl adjacent to an activating group) is 1. The van der Waals surface area contributed by atoms with E-state index in [4.69, 9.17) is 5.73 Å². The molecule has 1 amide bonds. The van der Waals surface area contributed by atoms with Crippen molar-refractivity contribution >= 4 is 11.7 Å². The molecule has 0 saturated heterocycles. The van der Waals surface area contributed by atoms with E-state index < -0.39 is 0 Å². The van der Waals surface area contributed by atoms with Gasteiger partial charge >= 0.3 is 0 Å². The average molecular weight is 288 g/mol. The predicted octanol–water partition coefficient (Wildman–Crippen LogP) is 0.644. The second kappa shape index (κ2) is 5.23. The van der Waals surface area contributed by atoms with Gasteiger partial charge in [-0.25, -0.2) is 4.68 Å². The van der Waals surface area contributed by atoms with Crippen LogP contribution in [0.5, 0.6) is 0 Å². The Hall–Kier alpha value is -2.31. The van der Waals surface area contributed by atoms with Crippen LogP contribution in [-0.2, 0) is 30.7 Å². The minimum absolute atomic E-state index is 0.0282. The number of nitrogens with one attached hydrogen (secondary N) is 1. The van der Waals surface area contributed by atoms with Gasteiger partial charge in [0.2, 0.25) is 5.91 Å². The van der Waals surface area contributed by atoms with E-state index in [1.165, 1.54) is 15.9 Å². The zero-order valence-electron chi connectivity index (χ0n) is 12.4. The highest BCUT2D eigenvalue weighted by molar-refractivity contribution is 5.76. The maximum Gasteiger partial charge on any atom is 0.244 e. The van der Waals surface area contributed by atoms with Crippen LogP contribution < -0.4 is 5.73 Å². The summed E-state index contributed by atoms with van der Waals surface area (Å²) in [5.74, 6) is 0.481. The number of hydrogen-bond donors (Lipinski definition) is 2. The van der Waals surface area contributed by atoms with Crippen LogP contribution in [0.4, 0.5) is 5.82 Å². The second-order valence-corrected chi connectivity index (χ2v) is 5.60. The Morgan fingerprint density at radius 3 is 3.05 bits per heavy atom. The standard InChI is InChI=1S/C14H20N6O/c1-9-6-13(15)20(18-9)8-14(21)19(2)7-12-10-4-3-5-11(10)16-17-12/h6H,3-5,7-8,15H2,1-2H3,(H,16,17). The number of rotatable bonds is 4. The molecule has 1 aliphatic carbocycles. The Bertz CT molecular complexity index is 671. The zero-order valence-corrected chi connectivity index (χ0v) is 12.4. The fraction of sp³-hybridized carbons (Fsp3) is 0.500. The van der Waals surface area contributed by atoms with Crippen molar-refractivity contribution in [3.8, 4) is 0 Å². The summed E-state index contributed by atoms with van der Waals surface area (Å²) >= 11 is 0. The van der Waals surface area contributed by atoms with Gasteiger partial charge in [-0.05, 0) is 31.7 Å². The summed E-state index contributed by atoms with van der Waals surface area (Å²) in [6.45, 7) is 2.53. The van der Waals surface area contributed by atoms with Gasteiger partial charge in [0.15, 0.2) is 0 Å². The van der Waals surface area contributed by atoms with Crippen LogP contribution in [0.15, 0.2) is 6.07 Å². The van der Waals surface area contributed by atoms with Gasteiger partial charge in [-0.1, -0.05) is 0 Å². The monoisotopic (exact) mass is 288 g/mol. The summed E-state index contributed by atoms with van der Waals surface area (Å²) in [5, 5.41) is 11.6. The number of anilines is 1. The smallest absolute Gasteiger partial charge is 0.244 e. The minimum atomic E-state index is -0.0282. The average Bonchev–Trinajstić information content (AvgIpc) is 3.09. The van der Waals surface area contributed by atoms with Gasteiger partial charge in [-0.15, -0.1) is 0 Å². The lowest BCUT2D eigenvalue weighted by molar-refractivity contribution is -0.131. The minimum Gasteiger partial charge on any atom is -0.384 e. The van der Waals surface area contributed by atoms with Crippen molar-refractivity contribution in [1.82, 2.24) is 24.9 Å². The lowest BCUT2D eigenvalue weighted by atomic mass is 10.2. The molecule has 112 valence electrons. The summed E-state index contributed by atoms with van der Waals surface area (Å²) in [4.78, 5) is 13.9. The summed E-state index contributed by atoms with van der Waals surface area (Å²) in [6.07, 6.45) is 3.27. The maximum atomic E-state index is 12.3. The molecule has 21 heavy (non-hydrogen) atoms. The second-order valence-electron chi connectivity index (χ2n) is 5.60. The maximum absolute atomic E-state index is 12.3. The summed E-state index contributed by atoms with van der Waals surface area (Å²) in [6, 6.07) is 1.76. The number of hydrogen-bond acceptors (Lipinski definition) is 4. The van der Waals surface area contributed by atoms with Crippen molar-refractivity contribution in [2.75, 3.05) is 12.8 Å². The van der Waals surface area contributed by atoms with Crippen LogP contribution in [0.3, 0.4) is 0 Å². The highest BCUT2D eigenvalue weighted by Crippen LogP contribution is 2.23. The molecule has 7 heteroatoms. The number of fused-ring (bicyclic) bond motifs is 1. The summed E-state index contributed by atoms with van der Waals surface area (Å²) in [5.41, 5.74) is 10.1. The van der Waals surface area contributed by atoms with Crippen LogP contribution >= 0.6 is 0 Å². The highest BCUT2D eigenvalue weighted by atomic mass is 16.2. The molecule has 0 fully saturated rings. The van der Waals surface area contributed by atoms with Crippen molar-refractivity contribution in [3.05, 3.63) is 28.7 Å². The van der Waals surface area contributed by atoms with Crippen molar-refractivity contribution in [3.63, 3.8) is 0 Å². The van der Waals surface area contributed by atoms with E-state index in [-0.39, 0.29) is 12.5 Å². The van der Waals surface area contributed by atoms with E-state index in [0.29, 0.717) is 12.4 Å². The number of amides is 1. The number of carbonyl (C=O) groups is 1. The van der Waals surface area contributed by atoms with Crippen molar-refractivity contribution in [2.45, 2.75) is 39.3 Å². The van der Waals surface area contributed by atoms with E-state index >= 15 is 0 Å². The van der Waals surface area contributed by atoms with E-state index in [9.17, 15) is 4.79 Å². The van der Waals surface area contributed by atoms with Crippen molar-refractivity contribution < 1.29 is 4.79 Å². The molecule has 7 nitrogen and oxygen atoms in total. The molecule has 0 unspecified atom stereocenters. The molecule has 0 radical (unpaired) electrons. The first-order chi connectivity index (χ1) is 10.0. The van der Waals surface area contributed by atoms with Gasteiger partial charge in [0, 0.05) is 18.8 Å². The zero-order chi connectivity index (χ0) is 15.0. The molecule has 0 aromatic carbocycles. The molecule has 3 N–H and O–H groups in total. The topological polar surface area (TPSA) is 92.8 Å². The largest absolute Gasteiger partial charge is 0.384 e. The first-order valence-corrected chi connectivity index (χ1v) is 7.13. The Morgan fingerprint density at radius 1 is 1.52 bits per heavy atom. The molecule has 2 heterocycles. The van der Waals surface area contributed by atoms with Gasteiger partial charge < -0.3 is 10.6 Å². The summed E-state index contributed by atoms with van der Waals surface area (Å²) < 4.78 is 1.53. The Balaban J connectivity index is 1.66. The molecule has 0 bridgehead atoms. The Kier molecular flexibility index (Phi) is 3.40. The number of aromatic amines is 1. The van der Waals surface area contributed by atoms with Gasteiger partial charge in [0.25, 0.3) is 0 Å². The SMILES string of the molecule is Cc1cc(N)n(CC(=O)N(C)Cc2n[nH]c3c2CCC3)n1. The third-order valence-corrected chi connectivity index (χ3v) is 3.92. The molecular formula is C14H20N6O. The van der Waals surface area contributed by atoms with Gasteiger partial charge in [0.1, 0.15) is 12.4 Å². The summed E-state index contributed by atoms with van der Waals surface area (Å²) in [7, 11) is 1.78. The normalized spacial score (nSPS) is 13.4. The molecule has 0 aliphatic heterocycles. The third kappa shape index (κ3) is 2.63. The molecular weight excluding hydrogens is 268 g/mol. The van der Waals surface area contributed by atoms with Crippen LogP contribution in [-0.4, -0.2) is 37.8 Å². The van der Waals surface area contributed by atoms with Crippen LogP contribution in [0.25, 0.3) is 0 Å². The molecule has 2 aromatic heterocycles. The highest BCUT2D eigenvalue weighted by Gasteiger charge is 2.21. The lowest BCUT2D eigenvalue weighted by Gasteiger charge is -2.17. The number of nitrogen functional groups attached to an aromatic ring is 1. The molecule has 2 aromatic rings. The van der Waals surface area contributed by atoms with Crippen molar-refractivity contribution in [1.29, 1.82) is 0 Å². The van der Waals surface area contributed by atoms with Gasteiger partial charge in [-0.2, -0.15) is 10.2 Å². The Labute approximate surface area is 123 Å². The molecule has 1 aliphatic rings. The fourth-order valence-electron chi connectivity index (χ4n) is 2.77. The van der Waals surface area contributed by atoms with Gasteiger partial charge in [-0.3, -0.25) is 9.89 Å². The number of nitrogens with two attached hydrogens (primary N) is 1. The number of carbonyl (C=O) groups excluding carboxylic acids is 1. The number of aromatic nitrogens is 4.